The molecule has 0 N–H and O–H groups in total. The maximum atomic E-state index is 10.7. The molecule has 0 saturated carbocycles. The van der Waals surface area contributed by atoms with E-state index < -0.39 is 11.4 Å². The van der Waals surface area contributed by atoms with Gasteiger partial charge in [0.05, 0.1) is 12.2 Å². The van der Waals surface area contributed by atoms with Gasteiger partial charge in [-0.15, -0.1) is 0 Å². The molecule has 0 heterocycles. The van der Waals surface area contributed by atoms with Gasteiger partial charge < -0.3 is 0 Å². The Bertz CT molecular complexity index is 298. The van der Waals surface area contributed by atoms with E-state index in [-0.39, 0.29) is 12.2 Å². The van der Waals surface area contributed by atoms with E-state index in [0.717, 1.165) is 0 Å². The highest BCUT2D eigenvalue weighted by Gasteiger charge is 2.05. The lowest BCUT2D eigenvalue weighted by atomic mass is 10.2. The average molecular weight is 258 g/mol. The summed E-state index contributed by atoms with van der Waals surface area (Å²) >= 11 is -1.58. The van der Waals surface area contributed by atoms with E-state index in [1.807, 2.05) is 45.9 Å². The number of hydrogen-bond acceptors (Lipinski definition) is 3. The Hall–Kier alpha value is -0.710. The topological polar surface area (TPSA) is 35.5 Å². The first-order valence-electron chi connectivity index (χ1n) is 5.69. The van der Waals surface area contributed by atoms with E-state index in [2.05, 4.69) is 19.1 Å². The summed E-state index contributed by atoms with van der Waals surface area (Å²) in [7, 11) is 0. The molecule has 0 amide bonds. The quantitative estimate of drug-likeness (QED) is 0.830. The SMILES string of the molecule is CC(C)OS(=O)OC(C)C.Cc1ccccc1. The molecule has 0 aliphatic heterocycles. The smallest absolute Gasteiger partial charge is 0.266 e. The fourth-order valence-corrected chi connectivity index (χ4v) is 1.55. The van der Waals surface area contributed by atoms with Crippen molar-refractivity contribution in [3.8, 4) is 0 Å². The largest absolute Gasteiger partial charge is 0.305 e. The lowest BCUT2D eigenvalue weighted by Crippen LogP contribution is -2.12. The van der Waals surface area contributed by atoms with Crippen molar-refractivity contribution in [2.45, 2.75) is 46.8 Å². The fourth-order valence-electron chi connectivity index (χ4n) is 0.871. The molecule has 0 spiro atoms. The highest BCUT2D eigenvalue weighted by atomic mass is 32.2. The maximum Gasteiger partial charge on any atom is 0.305 e. The van der Waals surface area contributed by atoms with E-state index in [0.29, 0.717) is 0 Å². The summed E-state index contributed by atoms with van der Waals surface area (Å²) in [6.07, 6.45) is -0.112. The van der Waals surface area contributed by atoms with E-state index >= 15 is 0 Å². The third-order valence-corrected chi connectivity index (χ3v) is 2.57. The van der Waals surface area contributed by atoms with Crippen LogP contribution < -0.4 is 0 Å². The molecule has 4 heteroatoms. The zero-order valence-corrected chi connectivity index (χ0v) is 12.0. The molecule has 1 rings (SSSR count). The Balaban J connectivity index is 0.000000318. The molecule has 3 nitrogen and oxygen atoms in total. The van der Waals surface area contributed by atoms with Crippen molar-refractivity contribution >= 4 is 11.4 Å². The molecule has 0 aliphatic rings. The predicted molar refractivity (Wildman–Crippen MR) is 71.8 cm³/mol. The molecule has 0 radical (unpaired) electrons. The first kappa shape index (κ1) is 16.3. The number of rotatable bonds is 4. The van der Waals surface area contributed by atoms with E-state index in [1.54, 1.807) is 0 Å². The van der Waals surface area contributed by atoms with Crippen LogP contribution in [0, 0.1) is 6.92 Å². The monoisotopic (exact) mass is 258 g/mol. The van der Waals surface area contributed by atoms with Crippen LogP contribution >= 0.6 is 0 Å². The fraction of sp³-hybridized carbons (Fsp3) is 0.538. The van der Waals surface area contributed by atoms with Gasteiger partial charge in [0, 0.05) is 0 Å². The Morgan fingerprint density at radius 1 is 0.941 bits per heavy atom. The van der Waals surface area contributed by atoms with Gasteiger partial charge in [0.25, 0.3) is 0 Å². The summed E-state index contributed by atoms with van der Waals surface area (Å²) in [4.78, 5) is 0. The zero-order chi connectivity index (χ0) is 13.3. The minimum absolute atomic E-state index is 0.0559. The van der Waals surface area contributed by atoms with Gasteiger partial charge in [-0.2, -0.15) is 4.21 Å². The minimum atomic E-state index is -1.58. The van der Waals surface area contributed by atoms with Crippen LogP contribution in [0.3, 0.4) is 0 Å². The van der Waals surface area contributed by atoms with Gasteiger partial charge >= 0.3 is 11.4 Å². The second kappa shape index (κ2) is 9.33. The van der Waals surface area contributed by atoms with Gasteiger partial charge in [0.1, 0.15) is 0 Å². The van der Waals surface area contributed by atoms with Crippen LogP contribution in [0.5, 0.6) is 0 Å². The average Bonchev–Trinajstić information content (AvgIpc) is 2.16. The molecule has 0 unspecified atom stereocenters. The van der Waals surface area contributed by atoms with Crippen LogP contribution in [-0.4, -0.2) is 16.4 Å². The maximum absolute atomic E-state index is 10.7. The lowest BCUT2D eigenvalue weighted by molar-refractivity contribution is 0.181. The van der Waals surface area contributed by atoms with Crippen molar-refractivity contribution in [1.82, 2.24) is 0 Å². The Morgan fingerprint density at radius 2 is 1.35 bits per heavy atom. The molecule has 1 aromatic carbocycles. The van der Waals surface area contributed by atoms with Crippen molar-refractivity contribution in [2.75, 3.05) is 0 Å². The predicted octanol–water partition coefficient (Wildman–Crippen LogP) is 3.41. The summed E-state index contributed by atoms with van der Waals surface area (Å²) in [5, 5.41) is 0. The number of benzene rings is 1. The third-order valence-electron chi connectivity index (χ3n) is 1.48. The van der Waals surface area contributed by atoms with Crippen LogP contribution in [-0.2, 0) is 19.7 Å². The van der Waals surface area contributed by atoms with Crippen LogP contribution in [0.15, 0.2) is 30.3 Å². The summed E-state index contributed by atoms with van der Waals surface area (Å²) in [6.45, 7) is 9.31. The zero-order valence-electron chi connectivity index (χ0n) is 11.2. The van der Waals surface area contributed by atoms with Crippen LogP contribution in [0.1, 0.15) is 33.3 Å². The van der Waals surface area contributed by atoms with E-state index in [1.165, 1.54) is 5.56 Å². The van der Waals surface area contributed by atoms with Gasteiger partial charge in [-0.3, -0.25) is 8.37 Å². The molecule has 0 aromatic heterocycles. The highest BCUT2D eigenvalue weighted by Crippen LogP contribution is 1.99. The van der Waals surface area contributed by atoms with Crippen LogP contribution in [0.4, 0.5) is 0 Å². The molecule has 17 heavy (non-hydrogen) atoms. The van der Waals surface area contributed by atoms with Crippen molar-refractivity contribution in [2.24, 2.45) is 0 Å². The van der Waals surface area contributed by atoms with Crippen LogP contribution in [0.25, 0.3) is 0 Å². The molecule has 98 valence electrons. The second-order valence-electron chi connectivity index (χ2n) is 4.15. The normalized spacial score (nSPS) is 10.6. The standard InChI is InChI=1S/C7H8.C6H14O3S/c1-7-5-3-2-4-6-7;1-5(2)8-10(7)9-6(3)4/h2-6H,1H3;5-6H,1-4H3. The number of aryl methyl sites for hydroxylation is 1. The van der Waals surface area contributed by atoms with E-state index in [9.17, 15) is 4.21 Å². The summed E-state index contributed by atoms with van der Waals surface area (Å²) in [5.74, 6) is 0. The summed E-state index contributed by atoms with van der Waals surface area (Å²) < 4.78 is 20.4. The second-order valence-corrected chi connectivity index (χ2v) is 4.94. The van der Waals surface area contributed by atoms with Crippen molar-refractivity contribution in [1.29, 1.82) is 0 Å². The molecule has 0 atom stereocenters. The van der Waals surface area contributed by atoms with Gasteiger partial charge in [0.15, 0.2) is 0 Å². The highest BCUT2D eigenvalue weighted by molar-refractivity contribution is 7.75. The Morgan fingerprint density at radius 3 is 1.59 bits per heavy atom. The minimum Gasteiger partial charge on any atom is -0.266 e. The molecule has 0 bridgehead atoms. The van der Waals surface area contributed by atoms with Gasteiger partial charge in [-0.1, -0.05) is 35.9 Å². The van der Waals surface area contributed by atoms with E-state index in [4.69, 9.17) is 8.37 Å². The molecular weight excluding hydrogens is 236 g/mol. The first-order chi connectivity index (χ1) is 7.91. The third kappa shape index (κ3) is 11.6. The molecule has 0 saturated heterocycles. The number of hydrogen-bond donors (Lipinski definition) is 0. The van der Waals surface area contributed by atoms with Crippen molar-refractivity contribution in [3.05, 3.63) is 35.9 Å². The lowest BCUT2D eigenvalue weighted by Gasteiger charge is -2.07. The summed E-state index contributed by atoms with van der Waals surface area (Å²) in [5.41, 5.74) is 1.32. The van der Waals surface area contributed by atoms with Gasteiger partial charge in [-0.05, 0) is 34.6 Å². The van der Waals surface area contributed by atoms with Crippen molar-refractivity contribution in [3.63, 3.8) is 0 Å². The van der Waals surface area contributed by atoms with Gasteiger partial charge in [0.2, 0.25) is 0 Å². The Labute approximate surface area is 107 Å². The molecule has 1 aromatic rings. The van der Waals surface area contributed by atoms with Crippen molar-refractivity contribution < 1.29 is 12.6 Å². The summed E-state index contributed by atoms with van der Waals surface area (Å²) in [6, 6.07) is 10.3. The Kier molecular flexibility index (Phi) is 8.94. The molecule has 0 fully saturated rings. The van der Waals surface area contributed by atoms with Gasteiger partial charge in [-0.25, -0.2) is 0 Å². The first-order valence-corrected chi connectivity index (χ1v) is 6.69. The molecule has 0 aliphatic carbocycles. The van der Waals surface area contributed by atoms with Crippen LogP contribution in [0.2, 0.25) is 0 Å². The molecular formula is C13H22O3S.